The van der Waals surface area contributed by atoms with Gasteiger partial charge >= 0.3 is 0 Å². The third-order valence-electron chi connectivity index (χ3n) is 2.76. The van der Waals surface area contributed by atoms with Crippen molar-refractivity contribution >= 4 is 11.6 Å². The lowest BCUT2D eigenvalue weighted by atomic mass is 10.1. The van der Waals surface area contributed by atoms with E-state index in [1.807, 2.05) is 24.3 Å². The molecule has 3 heteroatoms. The number of benzene rings is 1. The van der Waals surface area contributed by atoms with Gasteiger partial charge in [0.15, 0.2) is 0 Å². The van der Waals surface area contributed by atoms with Crippen molar-refractivity contribution in [3.8, 4) is 0 Å². The summed E-state index contributed by atoms with van der Waals surface area (Å²) in [5.74, 6) is 0.194. The third-order valence-corrected chi connectivity index (χ3v) is 2.76. The molecule has 1 N–H and O–H groups in total. The van der Waals surface area contributed by atoms with Crippen molar-refractivity contribution in [1.82, 2.24) is 0 Å². The molecular formula is C12H15NO2. The van der Waals surface area contributed by atoms with Crippen molar-refractivity contribution in [1.29, 1.82) is 0 Å². The summed E-state index contributed by atoms with van der Waals surface area (Å²) in [7, 11) is 0. The molecule has 15 heavy (non-hydrogen) atoms. The number of aliphatic hydroxyl groups excluding tert-OH is 1. The summed E-state index contributed by atoms with van der Waals surface area (Å²) in [6, 6.07) is 7.52. The maximum absolute atomic E-state index is 11.5. The molecule has 1 fully saturated rings. The van der Waals surface area contributed by atoms with Crippen molar-refractivity contribution in [3.05, 3.63) is 29.8 Å². The van der Waals surface area contributed by atoms with Gasteiger partial charge in [-0.1, -0.05) is 12.1 Å². The molecular weight excluding hydrogens is 190 g/mol. The van der Waals surface area contributed by atoms with Gasteiger partial charge in [-0.25, -0.2) is 0 Å². The average molecular weight is 205 g/mol. The van der Waals surface area contributed by atoms with Crippen LogP contribution in [0.25, 0.3) is 0 Å². The van der Waals surface area contributed by atoms with Gasteiger partial charge in [-0.05, 0) is 31.0 Å². The maximum atomic E-state index is 11.5. The number of amides is 1. The number of hydrogen-bond donors (Lipinski definition) is 1. The van der Waals surface area contributed by atoms with Gasteiger partial charge in [-0.3, -0.25) is 4.79 Å². The van der Waals surface area contributed by atoms with E-state index in [1.54, 1.807) is 11.8 Å². The Hall–Kier alpha value is -1.35. The number of nitrogens with zero attached hydrogens (tertiary/aromatic N) is 1. The molecule has 1 aliphatic rings. The van der Waals surface area contributed by atoms with Crippen LogP contribution in [0.5, 0.6) is 0 Å². The van der Waals surface area contributed by atoms with Crippen LogP contribution < -0.4 is 4.90 Å². The molecule has 1 heterocycles. The standard InChI is InChI=1S/C12H15NO2/c1-9(14)10-4-6-11(7-5-10)13-8-2-3-12(13)15/h4-7,9,14H,2-3,8H2,1H3. The molecule has 80 valence electrons. The minimum atomic E-state index is -0.451. The molecule has 0 aromatic heterocycles. The molecule has 1 unspecified atom stereocenters. The predicted octanol–water partition coefficient (Wildman–Crippen LogP) is 1.87. The zero-order valence-corrected chi connectivity index (χ0v) is 8.81. The summed E-state index contributed by atoms with van der Waals surface area (Å²) in [6.07, 6.45) is 1.14. The maximum Gasteiger partial charge on any atom is 0.227 e. The van der Waals surface area contributed by atoms with Gasteiger partial charge in [-0.2, -0.15) is 0 Å². The molecule has 0 radical (unpaired) electrons. The van der Waals surface area contributed by atoms with E-state index >= 15 is 0 Å². The summed E-state index contributed by atoms with van der Waals surface area (Å²) in [5, 5.41) is 9.35. The Balaban J connectivity index is 2.19. The molecule has 1 atom stereocenters. The highest BCUT2D eigenvalue weighted by Gasteiger charge is 2.21. The van der Waals surface area contributed by atoms with E-state index in [4.69, 9.17) is 0 Å². The van der Waals surface area contributed by atoms with Gasteiger partial charge in [0.1, 0.15) is 0 Å². The SMILES string of the molecule is CC(O)c1ccc(N2CCCC2=O)cc1. The molecule has 1 aromatic carbocycles. The van der Waals surface area contributed by atoms with E-state index in [2.05, 4.69) is 0 Å². The minimum Gasteiger partial charge on any atom is -0.389 e. The van der Waals surface area contributed by atoms with Gasteiger partial charge in [0, 0.05) is 18.7 Å². The number of hydrogen-bond acceptors (Lipinski definition) is 2. The monoisotopic (exact) mass is 205 g/mol. The molecule has 2 rings (SSSR count). The van der Waals surface area contributed by atoms with E-state index in [1.165, 1.54) is 0 Å². The number of anilines is 1. The molecule has 1 aliphatic heterocycles. The van der Waals surface area contributed by atoms with Crippen LogP contribution in [0, 0.1) is 0 Å². The quantitative estimate of drug-likeness (QED) is 0.800. The number of aliphatic hydroxyl groups is 1. The topological polar surface area (TPSA) is 40.5 Å². The molecule has 1 saturated heterocycles. The van der Waals surface area contributed by atoms with Crippen LogP contribution in [0.2, 0.25) is 0 Å². The number of rotatable bonds is 2. The van der Waals surface area contributed by atoms with E-state index in [0.717, 1.165) is 24.2 Å². The Bertz CT molecular complexity index is 356. The first-order valence-corrected chi connectivity index (χ1v) is 5.27. The summed E-state index contributed by atoms with van der Waals surface area (Å²) in [4.78, 5) is 13.3. The summed E-state index contributed by atoms with van der Waals surface area (Å²) in [6.45, 7) is 2.54. The van der Waals surface area contributed by atoms with Crippen molar-refractivity contribution in [3.63, 3.8) is 0 Å². The van der Waals surface area contributed by atoms with E-state index < -0.39 is 6.10 Å². The van der Waals surface area contributed by atoms with Gasteiger partial charge in [0.05, 0.1) is 6.10 Å². The first-order chi connectivity index (χ1) is 7.18. The van der Waals surface area contributed by atoms with Crippen LogP contribution in [0.4, 0.5) is 5.69 Å². The van der Waals surface area contributed by atoms with Crippen LogP contribution in [-0.4, -0.2) is 17.6 Å². The number of carbonyl (C=O) groups excluding carboxylic acids is 1. The second-order valence-corrected chi connectivity index (χ2v) is 3.92. The van der Waals surface area contributed by atoms with Gasteiger partial charge in [-0.15, -0.1) is 0 Å². The fraction of sp³-hybridized carbons (Fsp3) is 0.417. The smallest absolute Gasteiger partial charge is 0.227 e. The Morgan fingerprint density at radius 1 is 1.33 bits per heavy atom. The number of carbonyl (C=O) groups is 1. The van der Waals surface area contributed by atoms with Crippen molar-refractivity contribution in [2.75, 3.05) is 11.4 Å². The second-order valence-electron chi connectivity index (χ2n) is 3.92. The van der Waals surface area contributed by atoms with Crippen LogP contribution in [0.15, 0.2) is 24.3 Å². The van der Waals surface area contributed by atoms with E-state index in [0.29, 0.717) is 6.42 Å². The van der Waals surface area contributed by atoms with E-state index in [-0.39, 0.29) is 5.91 Å². The lowest BCUT2D eigenvalue weighted by Crippen LogP contribution is -2.23. The third kappa shape index (κ3) is 2.02. The highest BCUT2D eigenvalue weighted by molar-refractivity contribution is 5.95. The van der Waals surface area contributed by atoms with Crippen molar-refractivity contribution in [2.45, 2.75) is 25.9 Å². The highest BCUT2D eigenvalue weighted by Crippen LogP contribution is 2.23. The van der Waals surface area contributed by atoms with Gasteiger partial charge < -0.3 is 10.0 Å². The van der Waals surface area contributed by atoms with Crippen LogP contribution in [0.3, 0.4) is 0 Å². The Morgan fingerprint density at radius 2 is 2.00 bits per heavy atom. The molecule has 0 aliphatic carbocycles. The Kier molecular flexibility index (Phi) is 2.73. The predicted molar refractivity (Wildman–Crippen MR) is 58.7 cm³/mol. The van der Waals surface area contributed by atoms with Crippen molar-refractivity contribution < 1.29 is 9.90 Å². The summed E-state index contributed by atoms with van der Waals surface area (Å²) < 4.78 is 0. The fourth-order valence-electron chi connectivity index (χ4n) is 1.85. The molecule has 3 nitrogen and oxygen atoms in total. The molecule has 0 saturated carbocycles. The molecule has 1 aromatic rings. The summed E-state index contributed by atoms with van der Waals surface area (Å²) in [5.41, 5.74) is 1.81. The first-order valence-electron chi connectivity index (χ1n) is 5.27. The lowest BCUT2D eigenvalue weighted by Gasteiger charge is -2.16. The van der Waals surface area contributed by atoms with Crippen molar-refractivity contribution in [2.24, 2.45) is 0 Å². The van der Waals surface area contributed by atoms with E-state index in [9.17, 15) is 9.90 Å². The molecule has 1 amide bonds. The second kappa shape index (κ2) is 4.03. The fourth-order valence-corrected chi connectivity index (χ4v) is 1.85. The average Bonchev–Trinajstić information content (AvgIpc) is 2.65. The van der Waals surface area contributed by atoms with Gasteiger partial charge in [0.2, 0.25) is 5.91 Å². The molecule has 0 spiro atoms. The Labute approximate surface area is 89.3 Å². The van der Waals surface area contributed by atoms with Crippen LogP contribution >= 0.6 is 0 Å². The minimum absolute atomic E-state index is 0.194. The normalized spacial score (nSPS) is 18.3. The zero-order valence-electron chi connectivity index (χ0n) is 8.81. The largest absolute Gasteiger partial charge is 0.389 e. The van der Waals surface area contributed by atoms with Crippen LogP contribution in [-0.2, 0) is 4.79 Å². The van der Waals surface area contributed by atoms with Crippen LogP contribution in [0.1, 0.15) is 31.4 Å². The first kappa shape index (κ1) is 10.2. The Morgan fingerprint density at radius 3 is 2.47 bits per heavy atom. The van der Waals surface area contributed by atoms with Gasteiger partial charge in [0.25, 0.3) is 0 Å². The summed E-state index contributed by atoms with van der Waals surface area (Å²) >= 11 is 0. The highest BCUT2D eigenvalue weighted by atomic mass is 16.3. The zero-order chi connectivity index (χ0) is 10.8. The molecule has 0 bridgehead atoms. The lowest BCUT2D eigenvalue weighted by molar-refractivity contribution is -0.117.